The highest BCUT2D eigenvalue weighted by Gasteiger charge is 2.14. The molecular formula is C15H14BrN5O. The lowest BCUT2D eigenvalue weighted by Crippen LogP contribution is -2.24. The lowest BCUT2D eigenvalue weighted by atomic mass is 10.2. The van der Waals surface area contributed by atoms with E-state index in [0.29, 0.717) is 12.3 Å². The van der Waals surface area contributed by atoms with Gasteiger partial charge in [-0.2, -0.15) is 4.98 Å². The predicted molar refractivity (Wildman–Crippen MR) is 85.6 cm³/mol. The van der Waals surface area contributed by atoms with Crippen molar-refractivity contribution in [3.63, 3.8) is 0 Å². The Morgan fingerprint density at radius 1 is 1.27 bits per heavy atom. The largest absolute Gasteiger partial charge is 0.345 e. The molecule has 0 radical (unpaired) electrons. The number of fused-ring (bicyclic) bond motifs is 1. The molecule has 112 valence electrons. The van der Waals surface area contributed by atoms with Crippen LogP contribution in [0.15, 0.2) is 34.8 Å². The lowest BCUT2D eigenvalue weighted by molar-refractivity contribution is 0.0940. The SMILES string of the molecule is Cc1cc(C)n2nc(C(=O)NCc3cccc(Br)c3)nc2n1. The Kier molecular flexibility index (Phi) is 3.89. The summed E-state index contributed by atoms with van der Waals surface area (Å²) < 4.78 is 2.54. The third-order valence-electron chi connectivity index (χ3n) is 3.16. The van der Waals surface area contributed by atoms with E-state index >= 15 is 0 Å². The Balaban J connectivity index is 1.79. The van der Waals surface area contributed by atoms with Gasteiger partial charge in [0.15, 0.2) is 0 Å². The van der Waals surface area contributed by atoms with Gasteiger partial charge in [-0.1, -0.05) is 28.1 Å². The van der Waals surface area contributed by atoms with E-state index in [1.807, 2.05) is 44.2 Å². The van der Waals surface area contributed by atoms with Crippen molar-refractivity contribution in [3.05, 3.63) is 57.6 Å². The van der Waals surface area contributed by atoms with E-state index in [-0.39, 0.29) is 11.7 Å². The molecule has 1 aromatic carbocycles. The zero-order valence-electron chi connectivity index (χ0n) is 12.2. The molecule has 0 aliphatic heterocycles. The summed E-state index contributed by atoms with van der Waals surface area (Å²) in [7, 11) is 0. The number of carbonyl (C=O) groups excluding carboxylic acids is 1. The molecule has 6 nitrogen and oxygen atoms in total. The number of amides is 1. The van der Waals surface area contributed by atoms with Crippen LogP contribution in [-0.2, 0) is 6.54 Å². The fourth-order valence-electron chi connectivity index (χ4n) is 2.17. The van der Waals surface area contributed by atoms with Crippen molar-refractivity contribution < 1.29 is 4.79 Å². The molecule has 1 amide bonds. The van der Waals surface area contributed by atoms with Crippen LogP contribution in [0, 0.1) is 13.8 Å². The summed E-state index contributed by atoms with van der Waals surface area (Å²) in [4.78, 5) is 20.6. The Morgan fingerprint density at radius 3 is 2.86 bits per heavy atom. The molecule has 0 aliphatic rings. The number of nitrogens with zero attached hydrogens (tertiary/aromatic N) is 4. The molecular weight excluding hydrogens is 346 g/mol. The summed E-state index contributed by atoms with van der Waals surface area (Å²) in [5.74, 6) is 0.240. The number of hydrogen-bond acceptors (Lipinski definition) is 4. The first-order valence-corrected chi connectivity index (χ1v) is 7.56. The molecule has 22 heavy (non-hydrogen) atoms. The summed E-state index contributed by atoms with van der Waals surface area (Å²) in [5.41, 5.74) is 2.73. The highest BCUT2D eigenvalue weighted by Crippen LogP contribution is 2.11. The first-order valence-electron chi connectivity index (χ1n) is 6.76. The van der Waals surface area contributed by atoms with Gasteiger partial charge < -0.3 is 5.32 Å². The predicted octanol–water partition coefficient (Wildman–Crippen LogP) is 2.43. The number of halogens is 1. The van der Waals surface area contributed by atoms with Gasteiger partial charge in [-0.15, -0.1) is 5.10 Å². The van der Waals surface area contributed by atoms with Gasteiger partial charge in [0.2, 0.25) is 5.82 Å². The van der Waals surface area contributed by atoms with Gasteiger partial charge in [0.05, 0.1) is 0 Å². The van der Waals surface area contributed by atoms with Crippen LogP contribution in [0.1, 0.15) is 27.6 Å². The summed E-state index contributed by atoms with van der Waals surface area (Å²) >= 11 is 3.40. The third kappa shape index (κ3) is 2.99. The van der Waals surface area contributed by atoms with Crippen molar-refractivity contribution in [3.8, 4) is 0 Å². The van der Waals surface area contributed by atoms with Gasteiger partial charge in [0.25, 0.3) is 11.7 Å². The zero-order valence-corrected chi connectivity index (χ0v) is 13.8. The molecule has 3 rings (SSSR count). The molecule has 1 N–H and O–H groups in total. The summed E-state index contributed by atoms with van der Waals surface area (Å²) in [6.45, 7) is 4.20. The summed E-state index contributed by atoms with van der Waals surface area (Å²) in [6, 6.07) is 9.64. The molecule has 2 aromatic heterocycles. The Bertz CT molecular complexity index is 858. The van der Waals surface area contributed by atoms with E-state index in [4.69, 9.17) is 0 Å². The maximum Gasteiger partial charge on any atom is 0.291 e. The molecule has 0 saturated heterocycles. The van der Waals surface area contributed by atoms with E-state index < -0.39 is 0 Å². The zero-order chi connectivity index (χ0) is 15.7. The van der Waals surface area contributed by atoms with Crippen LogP contribution in [0.2, 0.25) is 0 Å². The van der Waals surface area contributed by atoms with Crippen molar-refractivity contribution >= 4 is 27.6 Å². The quantitative estimate of drug-likeness (QED) is 0.779. The van der Waals surface area contributed by atoms with E-state index in [9.17, 15) is 4.79 Å². The van der Waals surface area contributed by atoms with Crippen LogP contribution in [-0.4, -0.2) is 25.5 Å². The van der Waals surface area contributed by atoms with Crippen molar-refractivity contribution in [2.75, 3.05) is 0 Å². The molecule has 0 bridgehead atoms. The number of benzene rings is 1. The van der Waals surface area contributed by atoms with Gasteiger partial charge in [-0.25, -0.2) is 9.50 Å². The first kappa shape index (κ1) is 14.6. The lowest BCUT2D eigenvalue weighted by Gasteiger charge is -2.03. The number of aromatic nitrogens is 4. The molecule has 0 atom stereocenters. The highest BCUT2D eigenvalue weighted by atomic mass is 79.9. The van der Waals surface area contributed by atoms with Gasteiger partial charge in [0.1, 0.15) is 0 Å². The van der Waals surface area contributed by atoms with Crippen molar-refractivity contribution in [2.24, 2.45) is 0 Å². The second kappa shape index (κ2) is 5.84. The van der Waals surface area contributed by atoms with Crippen LogP contribution >= 0.6 is 15.9 Å². The molecule has 0 aliphatic carbocycles. The molecule has 0 spiro atoms. The van der Waals surface area contributed by atoms with Crippen LogP contribution in [0.25, 0.3) is 5.78 Å². The van der Waals surface area contributed by atoms with Gasteiger partial charge in [-0.3, -0.25) is 4.79 Å². The van der Waals surface area contributed by atoms with Crippen molar-refractivity contribution in [1.29, 1.82) is 0 Å². The minimum Gasteiger partial charge on any atom is -0.345 e. The molecule has 0 unspecified atom stereocenters. The molecule has 2 heterocycles. The average molecular weight is 360 g/mol. The Morgan fingerprint density at radius 2 is 2.09 bits per heavy atom. The normalized spacial score (nSPS) is 10.9. The Hall–Kier alpha value is -2.28. The van der Waals surface area contributed by atoms with Crippen LogP contribution in [0.3, 0.4) is 0 Å². The van der Waals surface area contributed by atoms with Gasteiger partial charge in [0, 0.05) is 22.4 Å². The van der Waals surface area contributed by atoms with E-state index in [0.717, 1.165) is 21.4 Å². The van der Waals surface area contributed by atoms with Crippen LogP contribution in [0.4, 0.5) is 0 Å². The number of aryl methyl sites for hydroxylation is 2. The second-order valence-electron chi connectivity index (χ2n) is 5.00. The van der Waals surface area contributed by atoms with E-state index in [2.05, 4.69) is 36.3 Å². The van der Waals surface area contributed by atoms with Gasteiger partial charge in [-0.05, 0) is 37.6 Å². The minimum atomic E-state index is -0.317. The fraction of sp³-hybridized carbons (Fsp3) is 0.200. The number of carbonyl (C=O) groups is 1. The first-order chi connectivity index (χ1) is 10.5. The standard InChI is InChI=1S/C15H14BrN5O/c1-9-6-10(2)21-15(18-9)19-13(20-21)14(22)17-8-11-4-3-5-12(16)7-11/h3-7H,8H2,1-2H3,(H,17,22). The van der Waals surface area contributed by atoms with Gasteiger partial charge >= 0.3 is 0 Å². The molecule has 0 saturated carbocycles. The minimum absolute atomic E-state index is 0.121. The highest BCUT2D eigenvalue weighted by molar-refractivity contribution is 9.10. The molecule has 3 aromatic rings. The van der Waals surface area contributed by atoms with Crippen LogP contribution in [0.5, 0.6) is 0 Å². The second-order valence-corrected chi connectivity index (χ2v) is 5.91. The van der Waals surface area contributed by atoms with Crippen molar-refractivity contribution in [1.82, 2.24) is 24.9 Å². The Labute approximate surface area is 135 Å². The number of nitrogens with one attached hydrogen (secondary N) is 1. The van der Waals surface area contributed by atoms with E-state index in [1.54, 1.807) is 4.52 Å². The monoisotopic (exact) mass is 359 g/mol. The summed E-state index contributed by atoms with van der Waals surface area (Å²) in [6.07, 6.45) is 0. The summed E-state index contributed by atoms with van der Waals surface area (Å²) in [5, 5.41) is 7.02. The smallest absolute Gasteiger partial charge is 0.291 e. The van der Waals surface area contributed by atoms with Crippen LogP contribution < -0.4 is 5.32 Å². The fourth-order valence-corrected chi connectivity index (χ4v) is 2.62. The maximum atomic E-state index is 12.2. The third-order valence-corrected chi connectivity index (χ3v) is 3.66. The topological polar surface area (TPSA) is 72.2 Å². The number of hydrogen-bond donors (Lipinski definition) is 1. The molecule has 7 heteroatoms. The van der Waals surface area contributed by atoms with Crippen molar-refractivity contribution in [2.45, 2.75) is 20.4 Å². The molecule has 0 fully saturated rings. The number of rotatable bonds is 3. The average Bonchev–Trinajstić information content (AvgIpc) is 2.89. The maximum absolute atomic E-state index is 12.2. The van der Waals surface area contributed by atoms with E-state index in [1.165, 1.54) is 0 Å².